The van der Waals surface area contributed by atoms with E-state index in [-0.39, 0.29) is 5.91 Å². The minimum Gasteiger partial charge on any atom is -0.337 e. The van der Waals surface area contributed by atoms with Gasteiger partial charge in [0, 0.05) is 37.6 Å². The van der Waals surface area contributed by atoms with E-state index in [0.29, 0.717) is 0 Å². The van der Waals surface area contributed by atoms with Gasteiger partial charge in [-0.05, 0) is 25.1 Å². The molecule has 0 atom stereocenters. The second-order valence-corrected chi connectivity index (χ2v) is 8.48. The molecule has 1 amide bonds. The Morgan fingerprint density at radius 1 is 1.19 bits per heavy atom. The Kier molecular flexibility index (Phi) is 5.10. The van der Waals surface area contributed by atoms with E-state index in [1.807, 2.05) is 23.3 Å². The number of carbonyl (C=O) groups excluding carboxylic acids is 1. The summed E-state index contributed by atoms with van der Waals surface area (Å²) in [5.74, 6) is 0.0651. The normalized spacial score (nSPS) is 16.0. The molecule has 7 heteroatoms. The van der Waals surface area contributed by atoms with Gasteiger partial charge in [-0.1, -0.05) is 12.1 Å². The van der Waals surface area contributed by atoms with E-state index < -0.39 is 0 Å². The number of nitrogens with zero attached hydrogens (tertiary/aromatic N) is 4. The van der Waals surface area contributed by atoms with E-state index in [4.69, 9.17) is 4.98 Å². The van der Waals surface area contributed by atoms with Crippen LogP contribution in [0.25, 0.3) is 16.3 Å². The fraction of sp³-hybridized carbons (Fsp3) is 0.316. The lowest BCUT2D eigenvalue weighted by Crippen LogP contribution is -2.47. The topological polar surface area (TPSA) is 49.3 Å². The first-order valence-corrected chi connectivity index (χ1v) is 10.3. The van der Waals surface area contributed by atoms with Crippen molar-refractivity contribution in [3.05, 3.63) is 51.4 Å². The van der Waals surface area contributed by atoms with Crippen LogP contribution in [0.3, 0.4) is 0 Å². The average molecular weight is 385 g/mol. The third-order valence-electron chi connectivity index (χ3n) is 4.41. The van der Waals surface area contributed by atoms with Crippen LogP contribution < -0.4 is 0 Å². The van der Waals surface area contributed by atoms with Crippen molar-refractivity contribution >= 4 is 44.9 Å². The number of hydrogen-bond acceptors (Lipinski definition) is 6. The number of fused-ring (bicyclic) bond motifs is 1. The van der Waals surface area contributed by atoms with Gasteiger partial charge in [-0.15, -0.1) is 22.7 Å². The van der Waals surface area contributed by atoms with Crippen LogP contribution >= 0.6 is 22.7 Å². The third-order valence-corrected chi connectivity index (χ3v) is 6.23. The van der Waals surface area contributed by atoms with Gasteiger partial charge in [-0.2, -0.15) is 0 Å². The standard InChI is InChI=1S/C19H20N4OS2/c1-14-20-15(13-25-14)6-7-19(24)23-10-8-22(9-11-23)12-18-21-16-4-2-3-5-17(16)26-18/h2-7,13H,8-12H2,1H3. The molecule has 0 aliphatic carbocycles. The number of aromatic nitrogens is 2. The van der Waals surface area contributed by atoms with E-state index in [1.54, 1.807) is 34.8 Å². The molecule has 1 fully saturated rings. The van der Waals surface area contributed by atoms with Crippen molar-refractivity contribution in [2.45, 2.75) is 13.5 Å². The lowest BCUT2D eigenvalue weighted by atomic mass is 10.3. The molecular formula is C19H20N4OS2. The van der Waals surface area contributed by atoms with Gasteiger partial charge in [0.1, 0.15) is 5.01 Å². The molecule has 2 aromatic heterocycles. The molecule has 1 aromatic carbocycles. The van der Waals surface area contributed by atoms with Crippen molar-refractivity contribution in [1.82, 2.24) is 19.8 Å². The van der Waals surface area contributed by atoms with Crippen LogP contribution in [0.15, 0.2) is 35.7 Å². The number of aryl methyl sites for hydroxylation is 1. The molecule has 5 nitrogen and oxygen atoms in total. The molecule has 3 heterocycles. The molecule has 0 saturated carbocycles. The molecule has 1 aliphatic heterocycles. The second-order valence-electron chi connectivity index (χ2n) is 6.30. The summed E-state index contributed by atoms with van der Waals surface area (Å²) >= 11 is 3.35. The van der Waals surface area contributed by atoms with Gasteiger partial charge >= 0.3 is 0 Å². The molecule has 134 valence electrons. The van der Waals surface area contributed by atoms with Crippen LogP contribution in [-0.4, -0.2) is 51.9 Å². The largest absolute Gasteiger partial charge is 0.337 e. The maximum absolute atomic E-state index is 12.3. The van der Waals surface area contributed by atoms with Crippen molar-refractivity contribution in [2.24, 2.45) is 0 Å². The molecule has 4 rings (SSSR count). The summed E-state index contributed by atoms with van der Waals surface area (Å²) in [7, 11) is 0. The molecule has 0 unspecified atom stereocenters. The smallest absolute Gasteiger partial charge is 0.246 e. The van der Waals surface area contributed by atoms with Gasteiger partial charge in [0.25, 0.3) is 0 Å². The first kappa shape index (κ1) is 17.3. The summed E-state index contributed by atoms with van der Waals surface area (Å²) in [5, 5.41) is 4.13. The molecule has 0 bridgehead atoms. The lowest BCUT2D eigenvalue weighted by Gasteiger charge is -2.33. The fourth-order valence-corrected chi connectivity index (χ4v) is 4.61. The molecular weight excluding hydrogens is 364 g/mol. The van der Waals surface area contributed by atoms with Crippen LogP contribution in [0.4, 0.5) is 0 Å². The molecule has 0 radical (unpaired) electrons. The summed E-state index contributed by atoms with van der Waals surface area (Å²) in [6, 6.07) is 8.25. The first-order chi connectivity index (χ1) is 12.7. The van der Waals surface area contributed by atoms with Crippen LogP contribution in [0.5, 0.6) is 0 Å². The van der Waals surface area contributed by atoms with Crippen molar-refractivity contribution < 1.29 is 4.79 Å². The third kappa shape index (κ3) is 4.00. The quantitative estimate of drug-likeness (QED) is 0.647. The van der Waals surface area contributed by atoms with Crippen molar-refractivity contribution in [3.8, 4) is 0 Å². The highest BCUT2D eigenvalue weighted by Gasteiger charge is 2.20. The summed E-state index contributed by atoms with van der Waals surface area (Å²) in [5.41, 5.74) is 1.93. The number of rotatable bonds is 4. The zero-order valence-electron chi connectivity index (χ0n) is 14.6. The average Bonchev–Trinajstić information content (AvgIpc) is 3.25. The van der Waals surface area contributed by atoms with Crippen LogP contribution in [0.2, 0.25) is 0 Å². The van der Waals surface area contributed by atoms with Gasteiger partial charge in [0.05, 0.1) is 27.5 Å². The molecule has 1 aliphatic rings. The zero-order chi connectivity index (χ0) is 17.9. The Balaban J connectivity index is 1.30. The number of amides is 1. The summed E-state index contributed by atoms with van der Waals surface area (Å²) in [4.78, 5) is 25.7. The molecule has 0 N–H and O–H groups in total. The summed E-state index contributed by atoms with van der Waals surface area (Å²) < 4.78 is 1.23. The van der Waals surface area contributed by atoms with Crippen LogP contribution in [-0.2, 0) is 11.3 Å². The number of carbonyl (C=O) groups is 1. The van der Waals surface area contributed by atoms with E-state index in [0.717, 1.165) is 53.9 Å². The number of piperazine rings is 1. The zero-order valence-corrected chi connectivity index (χ0v) is 16.2. The Morgan fingerprint density at radius 3 is 2.73 bits per heavy atom. The fourth-order valence-electron chi connectivity index (χ4n) is 3.02. The Morgan fingerprint density at radius 2 is 2.00 bits per heavy atom. The second kappa shape index (κ2) is 7.65. The van der Waals surface area contributed by atoms with E-state index in [9.17, 15) is 4.79 Å². The Labute approximate surface area is 160 Å². The van der Waals surface area contributed by atoms with Crippen molar-refractivity contribution in [1.29, 1.82) is 0 Å². The van der Waals surface area contributed by atoms with Gasteiger partial charge in [-0.25, -0.2) is 9.97 Å². The number of benzene rings is 1. The van der Waals surface area contributed by atoms with E-state index >= 15 is 0 Å². The molecule has 0 spiro atoms. The van der Waals surface area contributed by atoms with E-state index in [1.165, 1.54) is 4.70 Å². The van der Waals surface area contributed by atoms with Crippen molar-refractivity contribution in [3.63, 3.8) is 0 Å². The minimum atomic E-state index is 0.0651. The van der Waals surface area contributed by atoms with Gasteiger partial charge < -0.3 is 4.90 Å². The van der Waals surface area contributed by atoms with Gasteiger partial charge in [0.2, 0.25) is 5.91 Å². The maximum atomic E-state index is 12.3. The minimum absolute atomic E-state index is 0.0651. The number of para-hydroxylation sites is 1. The number of hydrogen-bond donors (Lipinski definition) is 0. The van der Waals surface area contributed by atoms with E-state index in [2.05, 4.69) is 28.1 Å². The van der Waals surface area contributed by atoms with Crippen molar-refractivity contribution in [2.75, 3.05) is 26.2 Å². The predicted octanol–water partition coefficient (Wildman–Crippen LogP) is 3.42. The van der Waals surface area contributed by atoms with Gasteiger partial charge in [0.15, 0.2) is 0 Å². The molecule has 1 saturated heterocycles. The highest BCUT2D eigenvalue weighted by molar-refractivity contribution is 7.18. The molecule has 3 aromatic rings. The highest BCUT2D eigenvalue weighted by atomic mass is 32.1. The highest BCUT2D eigenvalue weighted by Crippen LogP contribution is 2.23. The van der Waals surface area contributed by atoms with Crippen LogP contribution in [0.1, 0.15) is 15.7 Å². The Hall–Kier alpha value is -2.09. The summed E-state index contributed by atoms with van der Waals surface area (Å²) in [6.07, 6.45) is 3.44. The first-order valence-electron chi connectivity index (χ1n) is 8.63. The van der Waals surface area contributed by atoms with Gasteiger partial charge in [-0.3, -0.25) is 9.69 Å². The predicted molar refractivity (Wildman–Crippen MR) is 107 cm³/mol. The molecule has 26 heavy (non-hydrogen) atoms. The monoisotopic (exact) mass is 384 g/mol. The Bertz CT molecular complexity index is 905. The SMILES string of the molecule is Cc1nc(C=CC(=O)N2CCN(Cc3nc4ccccc4s3)CC2)cs1. The summed E-state index contributed by atoms with van der Waals surface area (Å²) in [6.45, 7) is 6.09. The van der Waals surface area contributed by atoms with Crippen LogP contribution in [0, 0.1) is 6.92 Å². The number of thiazole rings is 2. The maximum Gasteiger partial charge on any atom is 0.246 e. The lowest BCUT2D eigenvalue weighted by molar-refractivity contribution is -0.127.